The standard InChI is InChI=1S/C18H19N3O4S/c1-12-6-8-14(9-7-12)19-17(22)10-26-11-18(23)20-15-4-3-5-16(13(15)2)21(24)25/h3-9H,10-11H2,1-2H3,(H,19,22)(H,20,23). The maximum Gasteiger partial charge on any atom is 0.274 e. The van der Waals surface area contributed by atoms with Gasteiger partial charge in [0.25, 0.3) is 5.69 Å². The Morgan fingerprint density at radius 3 is 2.23 bits per heavy atom. The first-order valence-electron chi connectivity index (χ1n) is 7.85. The predicted molar refractivity (Wildman–Crippen MR) is 104 cm³/mol. The number of rotatable bonds is 7. The van der Waals surface area contributed by atoms with Gasteiger partial charge in [-0.25, -0.2) is 0 Å². The molecule has 0 aliphatic carbocycles. The molecule has 0 unspecified atom stereocenters. The number of nitro groups is 1. The Bertz CT molecular complexity index is 822. The molecule has 0 aliphatic heterocycles. The third-order valence-corrected chi connectivity index (χ3v) is 4.51. The zero-order valence-electron chi connectivity index (χ0n) is 14.4. The summed E-state index contributed by atoms with van der Waals surface area (Å²) in [6.07, 6.45) is 0. The van der Waals surface area contributed by atoms with Gasteiger partial charge in [0.1, 0.15) is 0 Å². The van der Waals surface area contributed by atoms with Crippen molar-refractivity contribution < 1.29 is 14.5 Å². The molecule has 0 atom stereocenters. The van der Waals surface area contributed by atoms with Gasteiger partial charge in [-0.1, -0.05) is 23.8 Å². The highest BCUT2D eigenvalue weighted by atomic mass is 32.2. The molecule has 0 saturated heterocycles. The van der Waals surface area contributed by atoms with Crippen LogP contribution >= 0.6 is 11.8 Å². The highest BCUT2D eigenvalue weighted by molar-refractivity contribution is 8.00. The maximum absolute atomic E-state index is 12.0. The van der Waals surface area contributed by atoms with E-state index >= 15 is 0 Å². The van der Waals surface area contributed by atoms with Crippen LogP contribution in [0, 0.1) is 24.0 Å². The van der Waals surface area contributed by atoms with E-state index in [0.29, 0.717) is 16.9 Å². The van der Waals surface area contributed by atoms with E-state index in [9.17, 15) is 19.7 Å². The van der Waals surface area contributed by atoms with Crippen molar-refractivity contribution in [3.8, 4) is 0 Å². The maximum atomic E-state index is 12.0. The molecule has 0 aromatic heterocycles. The summed E-state index contributed by atoms with van der Waals surface area (Å²) in [6, 6.07) is 11.9. The lowest BCUT2D eigenvalue weighted by Crippen LogP contribution is -2.19. The van der Waals surface area contributed by atoms with Crippen molar-refractivity contribution in [3.63, 3.8) is 0 Å². The van der Waals surface area contributed by atoms with Crippen molar-refractivity contribution in [2.75, 3.05) is 22.1 Å². The smallest absolute Gasteiger partial charge is 0.274 e. The number of aryl methyl sites for hydroxylation is 1. The summed E-state index contributed by atoms with van der Waals surface area (Å²) in [5.41, 5.74) is 2.55. The van der Waals surface area contributed by atoms with Gasteiger partial charge in [-0.05, 0) is 32.0 Å². The van der Waals surface area contributed by atoms with Crippen molar-refractivity contribution in [3.05, 3.63) is 63.7 Å². The van der Waals surface area contributed by atoms with E-state index in [2.05, 4.69) is 10.6 Å². The molecule has 2 rings (SSSR count). The van der Waals surface area contributed by atoms with Gasteiger partial charge in [0, 0.05) is 11.8 Å². The van der Waals surface area contributed by atoms with Crippen LogP contribution in [0.3, 0.4) is 0 Å². The minimum atomic E-state index is -0.491. The van der Waals surface area contributed by atoms with Gasteiger partial charge < -0.3 is 10.6 Å². The number of amides is 2. The van der Waals surface area contributed by atoms with Crippen molar-refractivity contribution in [1.29, 1.82) is 0 Å². The zero-order chi connectivity index (χ0) is 19.1. The Balaban J connectivity index is 1.80. The van der Waals surface area contributed by atoms with E-state index in [4.69, 9.17) is 0 Å². The second-order valence-electron chi connectivity index (χ2n) is 5.66. The Hall–Kier alpha value is -2.87. The van der Waals surface area contributed by atoms with Crippen LogP contribution in [0.25, 0.3) is 0 Å². The Morgan fingerprint density at radius 2 is 1.62 bits per heavy atom. The van der Waals surface area contributed by atoms with Gasteiger partial charge >= 0.3 is 0 Å². The molecule has 2 aromatic rings. The minimum absolute atomic E-state index is 0.0482. The predicted octanol–water partition coefficient (Wildman–Crippen LogP) is 3.52. The second kappa shape index (κ2) is 9.00. The first-order chi connectivity index (χ1) is 12.4. The topological polar surface area (TPSA) is 101 Å². The summed E-state index contributed by atoms with van der Waals surface area (Å²) >= 11 is 1.17. The zero-order valence-corrected chi connectivity index (χ0v) is 15.3. The van der Waals surface area contributed by atoms with Crippen LogP contribution in [-0.2, 0) is 9.59 Å². The summed E-state index contributed by atoms with van der Waals surface area (Å²) in [5, 5.41) is 16.3. The van der Waals surface area contributed by atoms with Gasteiger partial charge in [0.05, 0.1) is 27.7 Å². The van der Waals surface area contributed by atoms with Crippen LogP contribution in [0.2, 0.25) is 0 Å². The molecular weight excluding hydrogens is 354 g/mol. The molecule has 0 spiro atoms. The van der Waals surface area contributed by atoms with Gasteiger partial charge in [-0.2, -0.15) is 0 Å². The Kier molecular flexibility index (Phi) is 6.74. The number of nitrogens with one attached hydrogen (secondary N) is 2. The minimum Gasteiger partial charge on any atom is -0.325 e. The van der Waals surface area contributed by atoms with Crippen molar-refractivity contribution in [2.24, 2.45) is 0 Å². The lowest BCUT2D eigenvalue weighted by atomic mass is 10.1. The number of thioether (sulfide) groups is 1. The fraction of sp³-hybridized carbons (Fsp3) is 0.222. The molecule has 0 bridgehead atoms. The molecule has 2 N–H and O–H groups in total. The fourth-order valence-electron chi connectivity index (χ4n) is 2.21. The van der Waals surface area contributed by atoms with Gasteiger partial charge in [-0.15, -0.1) is 11.8 Å². The first-order valence-corrected chi connectivity index (χ1v) is 9.00. The number of hydrogen-bond acceptors (Lipinski definition) is 5. The second-order valence-corrected chi connectivity index (χ2v) is 6.65. The highest BCUT2D eigenvalue weighted by Gasteiger charge is 2.15. The molecule has 136 valence electrons. The van der Waals surface area contributed by atoms with Crippen LogP contribution in [0.5, 0.6) is 0 Å². The third-order valence-electron chi connectivity index (χ3n) is 3.58. The van der Waals surface area contributed by atoms with Gasteiger partial charge in [0.15, 0.2) is 0 Å². The summed E-state index contributed by atoms with van der Waals surface area (Å²) in [6.45, 7) is 3.54. The van der Waals surface area contributed by atoms with E-state index < -0.39 is 4.92 Å². The van der Waals surface area contributed by atoms with Gasteiger partial charge in [0.2, 0.25) is 11.8 Å². The molecule has 7 nitrogen and oxygen atoms in total. The molecular formula is C18H19N3O4S. The van der Waals surface area contributed by atoms with Crippen molar-refractivity contribution in [1.82, 2.24) is 0 Å². The third kappa shape index (κ3) is 5.59. The van der Waals surface area contributed by atoms with E-state index in [1.165, 1.54) is 23.9 Å². The molecule has 0 radical (unpaired) electrons. The summed E-state index contributed by atoms with van der Waals surface area (Å²) in [4.78, 5) is 34.3. The number of anilines is 2. The molecule has 0 heterocycles. The lowest BCUT2D eigenvalue weighted by molar-refractivity contribution is -0.385. The normalized spacial score (nSPS) is 10.2. The van der Waals surface area contributed by atoms with Crippen LogP contribution in [0.1, 0.15) is 11.1 Å². The number of nitro benzene ring substituents is 1. The average molecular weight is 373 g/mol. The number of carbonyl (C=O) groups excluding carboxylic acids is 2. The molecule has 8 heteroatoms. The van der Waals surface area contributed by atoms with Crippen molar-refractivity contribution in [2.45, 2.75) is 13.8 Å². The number of nitrogens with zero attached hydrogens (tertiary/aromatic N) is 1. The van der Waals surface area contributed by atoms with Crippen LogP contribution in [0.15, 0.2) is 42.5 Å². The Labute approximate surface area is 155 Å². The number of benzene rings is 2. The van der Waals surface area contributed by atoms with E-state index in [0.717, 1.165) is 5.56 Å². The largest absolute Gasteiger partial charge is 0.325 e. The molecule has 26 heavy (non-hydrogen) atoms. The summed E-state index contributed by atoms with van der Waals surface area (Å²) < 4.78 is 0. The van der Waals surface area contributed by atoms with Gasteiger partial charge in [-0.3, -0.25) is 19.7 Å². The molecule has 0 aliphatic rings. The monoisotopic (exact) mass is 373 g/mol. The lowest BCUT2D eigenvalue weighted by Gasteiger charge is -2.09. The number of carbonyl (C=O) groups is 2. The molecule has 0 fully saturated rings. The molecule has 0 saturated carbocycles. The van der Waals surface area contributed by atoms with E-state index in [1.54, 1.807) is 13.0 Å². The SMILES string of the molecule is Cc1ccc(NC(=O)CSCC(=O)Nc2cccc([N+](=O)[O-])c2C)cc1. The molecule has 2 amide bonds. The summed E-state index contributed by atoms with van der Waals surface area (Å²) in [7, 11) is 0. The summed E-state index contributed by atoms with van der Waals surface area (Å²) in [5.74, 6) is -0.307. The van der Waals surface area contributed by atoms with Crippen LogP contribution in [0.4, 0.5) is 17.1 Å². The molecule has 2 aromatic carbocycles. The van der Waals surface area contributed by atoms with E-state index in [-0.39, 0.29) is 29.0 Å². The highest BCUT2D eigenvalue weighted by Crippen LogP contribution is 2.25. The van der Waals surface area contributed by atoms with E-state index in [1.807, 2.05) is 31.2 Å². The average Bonchev–Trinajstić information content (AvgIpc) is 2.58. The van der Waals surface area contributed by atoms with Crippen LogP contribution < -0.4 is 10.6 Å². The first kappa shape index (κ1) is 19.5. The Morgan fingerprint density at radius 1 is 1.00 bits per heavy atom. The van der Waals surface area contributed by atoms with Crippen LogP contribution in [-0.4, -0.2) is 28.2 Å². The van der Waals surface area contributed by atoms with Crippen molar-refractivity contribution >= 4 is 40.6 Å². The quantitative estimate of drug-likeness (QED) is 0.571. The fourth-order valence-corrected chi connectivity index (χ4v) is 2.83. The number of hydrogen-bond donors (Lipinski definition) is 2.